The van der Waals surface area contributed by atoms with Gasteiger partial charge in [0.25, 0.3) is 0 Å². The van der Waals surface area contributed by atoms with E-state index in [1.165, 1.54) is 37.5 Å². The molecule has 0 aliphatic rings. The Labute approximate surface area is 160 Å². The minimum absolute atomic E-state index is 0.0266. The number of hydrogen-bond acceptors (Lipinski definition) is 5. The first-order chi connectivity index (χ1) is 13.1. The number of unbranched alkanes of at least 4 members (excludes halogenated alkanes) is 3. The van der Waals surface area contributed by atoms with Crippen molar-refractivity contribution in [1.82, 2.24) is 5.32 Å². The molecule has 0 amide bonds. The molecule has 27 heavy (non-hydrogen) atoms. The van der Waals surface area contributed by atoms with Gasteiger partial charge < -0.3 is 15.2 Å². The molecule has 5 heteroatoms. The number of ether oxygens (including phenoxy) is 1. The molecular weight excluding hydrogens is 342 g/mol. The second-order valence-corrected chi connectivity index (χ2v) is 6.34. The Morgan fingerprint density at radius 3 is 2.48 bits per heavy atom. The van der Waals surface area contributed by atoms with E-state index in [-0.39, 0.29) is 23.5 Å². The lowest BCUT2D eigenvalue weighted by Crippen LogP contribution is -2.23. The van der Waals surface area contributed by atoms with Crippen molar-refractivity contribution >= 4 is 11.8 Å². The minimum atomic E-state index is -0.613. The zero-order valence-corrected chi connectivity index (χ0v) is 15.7. The first-order valence-electron chi connectivity index (χ1n) is 9.44. The number of phenolic OH excluding ortho intramolecular Hbond substituents is 1. The highest BCUT2D eigenvalue weighted by Gasteiger charge is 2.22. The van der Waals surface area contributed by atoms with E-state index in [0.29, 0.717) is 12.1 Å². The number of phenols is 1. The summed E-state index contributed by atoms with van der Waals surface area (Å²) in [4.78, 5) is 25.1. The summed E-state index contributed by atoms with van der Waals surface area (Å²) in [5.74, 6) is -1.25. The molecule has 0 saturated heterocycles. The molecule has 144 valence electrons. The van der Waals surface area contributed by atoms with E-state index in [9.17, 15) is 14.7 Å². The van der Waals surface area contributed by atoms with Crippen LogP contribution in [0, 0.1) is 0 Å². The van der Waals surface area contributed by atoms with Gasteiger partial charge in [-0.1, -0.05) is 62.6 Å². The van der Waals surface area contributed by atoms with Gasteiger partial charge in [0.2, 0.25) is 0 Å². The number of nitrogens with one attached hydrogen (secondary N) is 1. The number of benzene rings is 2. The van der Waals surface area contributed by atoms with Crippen molar-refractivity contribution in [3.63, 3.8) is 0 Å². The second-order valence-electron chi connectivity index (χ2n) is 6.34. The smallest absolute Gasteiger partial charge is 0.339 e. The Kier molecular flexibility index (Phi) is 8.52. The van der Waals surface area contributed by atoms with Crippen LogP contribution in [0.2, 0.25) is 0 Å². The van der Waals surface area contributed by atoms with Crippen molar-refractivity contribution in [1.29, 1.82) is 0 Å². The van der Waals surface area contributed by atoms with Crippen LogP contribution in [-0.4, -0.2) is 36.6 Å². The van der Waals surface area contributed by atoms with E-state index in [0.717, 1.165) is 13.0 Å². The number of carbonyl (C=O) groups excluding carboxylic acids is 2. The molecule has 0 spiro atoms. The first kappa shape index (κ1) is 20.6. The average Bonchev–Trinajstić information content (AvgIpc) is 2.69. The third kappa shape index (κ3) is 6.22. The summed E-state index contributed by atoms with van der Waals surface area (Å²) in [6.07, 6.45) is 4.72. The molecule has 0 aliphatic carbocycles. The molecule has 0 bridgehead atoms. The molecule has 2 N–H and O–H groups in total. The van der Waals surface area contributed by atoms with Gasteiger partial charge in [-0.05, 0) is 25.1 Å². The first-order valence-corrected chi connectivity index (χ1v) is 9.44. The van der Waals surface area contributed by atoms with Gasteiger partial charge in [-0.3, -0.25) is 4.79 Å². The third-order valence-corrected chi connectivity index (χ3v) is 4.24. The van der Waals surface area contributed by atoms with Crippen LogP contribution in [0.3, 0.4) is 0 Å². The van der Waals surface area contributed by atoms with E-state index in [1.54, 1.807) is 30.3 Å². The van der Waals surface area contributed by atoms with Gasteiger partial charge in [-0.25, -0.2) is 4.79 Å². The maximum Gasteiger partial charge on any atom is 0.339 e. The van der Waals surface area contributed by atoms with Crippen LogP contribution >= 0.6 is 0 Å². The summed E-state index contributed by atoms with van der Waals surface area (Å²) >= 11 is 0. The summed E-state index contributed by atoms with van der Waals surface area (Å²) in [7, 11) is 0. The van der Waals surface area contributed by atoms with Crippen LogP contribution in [0.4, 0.5) is 0 Å². The predicted octanol–water partition coefficient (Wildman–Crippen LogP) is 3.95. The van der Waals surface area contributed by atoms with Crippen LogP contribution in [0.25, 0.3) is 0 Å². The average molecular weight is 369 g/mol. The molecule has 2 aromatic rings. The Hall–Kier alpha value is -2.66. The predicted molar refractivity (Wildman–Crippen MR) is 105 cm³/mol. The Balaban J connectivity index is 1.95. The quantitative estimate of drug-likeness (QED) is 0.356. The molecule has 0 unspecified atom stereocenters. The van der Waals surface area contributed by atoms with Crippen molar-refractivity contribution in [2.24, 2.45) is 0 Å². The van der Waals surface area contributed by atoms with Crippen LogP contribution in [0.5, 0.6) is 5.75 Å². The monoisotopic (exact) mass is 369 g/mol. The van der Waals surface area contributed by atoms with Crippen molar-refractivity contribution in [2.45, 2.75) is 32.6 Å². The molecule has 5 nitrogen and oxygen atoms in total. The van der Waals surface area contributed by atoms with Gasteiger partial charge in [-0.15, -0.1) is 0 Å². The largest absolute Gasteiger partial charge is 0.507 e. The molecule has 0 fully saturated rings. The summed E-state index contributed by atoms with van der Waals surface area (Å²) in [5, 5.41) is 13.4. The Morgan fingerprint density at radius 1 is 0.963 bits per heavy atom. The normalized spacial score (nSPS) is 10.6. The van der Waals surface area contributed by atoms with Crippen molar-refractivity contribution < 1.29 is 19.4 Å². The molecule has 0 atom stereocenters. The molecule has 0 heterocycles. The fraction of sp³-hybridized carbons (Fsp3) is 0.364. The van der Waals surface area contributed by atoms with Gasteiger partial charge in [0.15, 0.2) is 5.78 Å². The summed E-state index contributed by atoms with van der Waals surface area (Å²) in [6.45, 7) is 3.83. The third-order valence-electron chi connectivity index (χ3n) is 4.24. The van der Waals surface area contributed by atoms with Gasteiger partial charge in [0, 0.05) is 12.1 Å². The zero-order chi connectivity index (χ0) is 19.5. The van der Waals surface area contributed by atoms with E-state index in [1.807, 2.05) is 0 Å². The Bertz CT molecular complexity index is 743. The van der Waals surface area contributed by atoms with Crippen LogP contribution < -0.4 is 5.32 Å². The van der Waals surface area contributed by atoms with Gasteiger partial charge >= 0.3 is 5.97 Å². The molecule has 2 rings (SSSR count). The number of aromatic hydroxyl groups is 1. The SMILES string of the molecule is CCCCCCNCCOC(=O)c1cccc(O)c1C(=O)c1ccccc1. The van der Waals surface area contributed by atoms with Gasteiger partial charge in [0.05, 0.1) is 11.1 Å². The molecular formula is C22H27NO4. The lowest BCUT2D eigenvalue weighted by atomic mass is 9.97. The van der Waals surface area contributed by atoms with Gasteiger partial charge in [0.1, 0.15) is 12.4 Å². The minimum Gasteiger partial charge on any atom is -0.507 e. The summed E-state index contributed by atoms with van der Waals surface area (Å²) in [5.41, 5.74) is 0.454. The topological polar surface area (TPSA) is 75.6 Å². The number of esters is 1. The fourth-order valence-corrected chi connectivity index (χ4v) is 2.78. The lowest BCUT2D eigenvalue weighted by molar-refractivity contribution is 0.0505. The standard InChI is InChI=1S/C22H27NO4/c1-2-3-4-8-14-23-15-16-27-22(26)18-12-9-13-19(24)20(18)21(25)17-10-6-5-7-11-17/h5-7,9-13,23-24H,2-4,8,14-16H2,1H3. The van der Waals surface area contributed by atoms with Crippen molar-refractivity contribution in [2.75, 3.05) is 19.7 Å². The fourth-order valence-electron chi connectivity index (χ4n) is 2.78. The van der Waals surface area contributed by atoms with Crippen molar-refractivity contribution in [3.8, 4) is 5.75 Å². The van der Waals surface area contributed by atoms with Crippen LogP contribution in [0.1, 0.15) is 58.9 Å². The Morgan fingerprint density at radius 2 is 1.74 bits per heavy atom. The molecule has 2 aromatic carbocycles. The van der Waals surface area contributed by atoms with Crippen molar-refractivity contribution in [3.05, 3.63) is 65.2 Å². The molecule has 0 aromatic heterocycles. The highest BCUT2D eigenvalue weighted by molar-refractivity contribution is 6.16. The summed E-state index contributed by atoms with van der Waals surface area (Å²) in [6, 6.07) is 13.0. The highest BCUT2D eigenvalue weighted by atomic mass is 16.5. The number of hydrogen-bond donors (Lipinski definition) is 2. The lowest BCUT2D eigenvalue weighted by Gasteiger charge is -2.11. The highest BCUT2D eigenvalue weighted by Crippen LogP contribution is 2.25. The van der Waals surface area contributed by atoms with E-state index in [4.69, 9.17) is 4.74 Å². The number of carbonyl (C=O) groups is 2. The van der Waals surface area contributed by atoms with E-state index in [2.05, 4.69) is 12.2 Å². The maximum absolute atomic E-state index is 12.7. The number of rotatable bonds is 11. The molecule has 0 radical (unpaired) electrons. The maximum atomic E-state index is 12.7. The zero-order valence-electron chi connectivity index (χ0n) is 15.7. The number of ketones is 1. The molecule has 0 aliphatic heterocycles. The molecule has 0 saturated carbocycles. The summed E-state index contributed by atoms with van der Waals surface area (Å²) < 4.78 is 5.27. The van der Waals surface area contributed by atoms with Crippen LogP contribution in [0.15, 0.2) is 48.5 Å². The van der Waals surface area contributed by atoms with E-state index >= 15 is 0 Å². The second kappa shape index (κ2) is 11.1. The van der Waals surface area contributed by atoms with Crippen LogP contribution in [-0.2, 0) is 4.74 Å². The van der Waals surface area contributed by atoms with E-state index < -0.39 is 11.8 Å². The van der Waals surface area contributed by atoms with Gasteiger partial charge in [-0.2, -0.15) is 0 Å².